The number of ether oxygens (including phenoxy) is 1. The largest absolute Gasteiger partial charge is 0.496 e. The minimum Gasteiger partial charge on any atom is -0.496 e. The summed E-state index contributed by atoms with van der Waals surface area (Å²) >= 11 is 0. The molecule has 3 rings (SSSR count). The predicted octanol–water partition coefficient (Wildman–Crippen LogP) is 1.80. The predicted molar refractivity (Wildman–Crippen MR) is 84.8 cm³/mol. The Morgan fingerprint density at radius 2 is 2.08 bits per heavy atom. The van der Waals surface area contributed by atoms with Crippen LogP contribution < -0.4 is 4.74 Å². The summed E-state index contributed by atoms with van der Waals surface area (Å²) in [6, 6.07) is 7.65. The van der Waals surface area contributed by atoms with Crippen LogP contribution in [0.25, 0.3) is 0 Å². The molecule has 0 aliphatic carbocycles. The molecule has 9 heteroatoms. The van der Waals surface area contributed by atoms with Crippen LogP contribution in [0.4, 0.5) is 5.82 Å². The Morgan fingerprint density at radius 3 is 2.83 bits per heavy atom. The summed E-state index contributed by atoms with van der Waals surface area (Å²) in [5.41, 5.74) is 1.59. The number of nitro groups is 1. The minimum atomic E-state index is -0.459. The molecule has 1 aromatic carbocycles. The zero-order valence-corrected chi connectivity index (χ0v) is 13.3. The van der Waals surface area contributed by atoms with Crippen LogP contribution in [-0.4, -0.2) is 36.6 Å². The molecule has 0 bridgehead atoms. The number of aromatic nitrogens is 5. The van der Waals surface area contributed by atoms with E-state index in [9.17, 15) is 10.1 Å². The molecule has 9 nitrogen and oxygen atoms in total. The molecule has 0 saturated heterocycles. The van der Waals surface area contributed by atoms with Gasteiger partial charge in [0.15, 0.2) is 5.82 Å². The topological polar surface area (TPSA) is 101 Å². The summed E-state index contributed by atoms with van der Waals surface area (Å²) in [6.07, 6.45) is 3.00. The summed E-state index contributed by atoms with van der Waals surface area (Å²) in [6.45, 7) is 2.46. The molecule has 0 atom stereocenters. The number of imidazole rings is 1. The first-order valence-electron chi connectivity index (χ1n) is 7.26. The van der Waals surface area contributed by atoms with Crippen LogP contribution >= 0.6 is 0 Å². The van der Waals surface area contributed by atoms with Crippen LogP contribution in [-0.2, 0) is 13.1 Å². The summed E-state index contributed by atoms with van der Waals surface area (Å²) in [5, 5.41) is 19.2. The molecule has 0 spiro atoms. The number of hydrogen-bond acceptors (Lipinski definition) is 6. The van der Waals surface area contributed by atoms with Crippen molar-refractivity contribution in [3.8, 4) is 5.75 Å². The molecule has 0 aliphatic rings. The molecule has 0 aliphatic heterocycles. The van der Waals surface area contributed by atoms with Crippen molar-refractivity contribution in [2.75, 3.05) is 7.11 Å². The van der Waals surface area contributed by atoms with Crippen LogP contribution in [0.15, 0.2) is 36.7 Å². The Hall–Kier alpha value is -3.23. The highest BCUT2D eigenvalue weighted by molar-refractivity contribution is 5.33. The molecule has 3 aromatic rings. The van der Waals surface area contributed by atoms with E-state index in [0.717, 1.165) is 11.3 Å². The third-order valence-electron chi connectivity index (χ3n) is 3.65. The van der Waals surface area contributed by atoms with Crippen LogP contribution in [0.5, 0.6) is 5.75 Å². The van der Waals surface area contributed by atoms with Gasteiger partial charge in [0.25, 0.3) is 0 Å². The maximum atomic E-state index is 11.0. The Kier molecular flexibility index (Phi) is 4.23. The van der Waals surface area contributed by atoms with Crippen molar-refractivity contribution in [3.63, 3.8) is 0 Å². The van der Waals surface area contributed by atoms with Gasteiger partial charge < -0.3 is 14.9 Å². The van der Waals surface area contributed by atoms with Gasteiger partial charge in [-0.25, -0.2) is 14.2 Å². The van der Waals surface area contributed by atoms with E-state index in [1.165, 1.54) is 10.8 Å². The smallest absolute Gasteiger partial charge is 0.343 e. The van der Waals surface area contributed by atoms with Crippen molar-refractivity contribution in [2.24, 2.45) is 0 Å². The molecule has 0 saturated carbocycles. The number of rotatable bonds is 6. The highest BCUT2D eigenvalue weighted by Gasteiger charge is 2.19. The third-order valence-corrected chi connectivity index (χ3v) is 3.65. The highest BCUT2D eigenvalue weighted by Crippen LogP contribution is 2.19. The second-order valence-corrected chi connectivity index (χ2v) is 5.23. The fourth-order valence-corrected chi connectivity index (χ4v) is 2.46. The summed E-state index contributed by atoms with van der Waals surface area (Å²) < 4.78 is 8.49. The lowest BCUT2D eigenvalue weighted by atomic mass is 10.2. The standard InChI is InChI=1S/C15H16N6O3/c1-11-16-7-15(21(22)23)20(11)10-13-9-19(18-17-13)8-12-5-3-4-6-14(12)24-2/h3-7,9H,8,10H2,1-2H3. The van der Waals surface area contributed by atoms with Crippen LogP contribution in [0.1, 0.15) is 17.1 Å². The maximum Gasteiger partial charge on any atom is 0.343 e. The molecular formula is C15H16N6O3. The van der Waals surface area contributed by atoms with E-state index in [1.807, 2.05) is 24.3 Å². The molecule has 0 radical (unpaired) electrons. The molecule has 24 heavy (non-hydrogen) atoms. The number of methoxy groups -OCH3 is 1. The van der Waals surface area contributed by atoms with Gasteiger partial charge in [0.2, 0.25) is 0 Å². The highest BCUT2D eigenvalue weighted by atomic mass is 16.6. The Morgan fingerprint density at radius 1 is 1.29 bits per heavy atom. The molecule has 0 fully saturated rings. The second-order valence-electron chi connectivity index (χ2n) is 5.23. The molecule has 2 heterocycles. The van der Waals surface area contributed by atoms with Gasteiger partial charge in [0.1, 0.15) is 24.2 Å². The SMILES string of the molecule is COc1ccccc1Cn1cc(Cn2c([N+](=O)[O-])cnc2C)nn1. The van der Waals surface area contributed by atoms with Crippen molar-refractivity contribution in [3.05, 3.63) is 63.9 Å². The summed E-state index contributed by atoms with van der Waals surface area (Å²) in [4.78, 5) is 14.6. The first kappa shape index (κ1) is 15.7. The van der Waals surface area contributed by atoms with E-state index in [-0.39, 0.29) is 12.4 Å². The molecule has 0 N–H and O–H groups in total. The number of para-hydroxylation sites is 1. The average Bonchev–Trinajstić information content (AvgIpc) is 3.16. The molecule has 0 amide bonds. The Bertz CT molecular complexity index is 870. The van der Waals surface area contributed by atoms with E-state index in [4.69, 9.17) is 4.74 Å². The quantitative estimate of drug-likeness (QED) is 0.505. The normalized spacial score (nSPS) is 10.8. The lowest BCUT2D eigenvalue weighted by Crippen LogP contribution is -2.06. The maximum absolute atomic E-state index is 11.0. The third kappa shape index (κ3) is 3.09. The zero-order chi connectivity index (χ0) is 17.1. The van der Waals surface area contributed by atoms with E-state index in [0.29, 0.717) is 18.1 Å². The van der Waals surface area contributed by atoms with Gasteiger partial charge in [-0.1, -0.05) is 23.4 Å². The van der Waals surface area contributed by atoms with Gasteiger partial charge in [0.05, 0.1) is 19.9 Å². The van der Waals surface area contributed by atoms with Gasteiger partial charge in [-0.2, -0.15) is 0 Å². The van der Waals surface area contributed by atoms with Crippen LogP contribution in [0.3, 0.4) is 0 Å². The lowest BCUT2D eigenvalue weighted by Gasteiger charge is -2.07. The Labute approximate surface area is 137 Å². The molecule has 2 aromatic heterocycles. The van der Waals surface area contributed by atoms with E-state index >= 15 is 0 Å². The van der Waals surface area contributed by atoms with Gasteiger partial charge in [0, 0.05) is 12.5 Å². The van der Waals surface area contributed by atoms with E-state index in [2.05, 4.69) is 15.3 Å². The van der Waals surface area contributed by atoms with Gasteiger partial charge in [-0.3, -0.25) is 0 Å². The van der Waals surface area contributed by atoms with Gasteiger partial charge in [-0.05, 0) is 11.0 Å². The fourth-order valence-electron chi connectivity index (χ4n) is 2.46. The minimum absolute atomic E-state index is 0.0632. The first-order valence-corrected chi connectivity index (χ1v) is 7.26. The fraction of sp³-hybridized carbons (Fsp3) is 0.267. The monoisotopic (exact) mass is 328 g/mol. The van der Waals surface area contributed by atoms with E-state index in [1.54, 1.807) is 24.9 Å². The number of nitrogens with zero attached hydrogens (tertiary/aromatic N) is 6. The zero-order valence-electron chi connectivity index (χ0n) is 13.3. The lowest BCUT2D eigenvalue weighted by molar-refractivity contribution is -0.392. The number of benzene rings is 1. The van der Waals surface area contributed by atoms with Gasteiger partial charge in [-0.15, -0.1) is 5.10 Å². The Balaban J connectivity index is 1.79. The van der Waals surface area contributed by atoms with Crippen molar-refractivity contribution < 1.29 is 9.66 Å². The number of aryl methyl sites for hydroxylation is 1. The van der Waals surface area contributed by atoms with Crippen molar-refractivity contribution in [1.82, 2.24) is 24.5 Å². The van der Waals surface area contributed by atoms with Crippen molar-refractivity contribution in [1.29, 1.82) is 0 Å². The average molecular weight is 328 g/mol. The summed E-state index contributed by atoms with van der Waals surface area (Å²) in [7, 11) is 1.62. The second kappa shape index (κ2) is 6.49. The van der Waals surface area contributed by atoms with E-state index < -0.39 is 4.92 Å². The van der Waals surface area contributed by atoms with Crippen molar-refractivity contribution in [2.45, 2.75) is 20.0 Å². The number of hydrogen-bond donors (Lipinski definition) is 0. The molecule has 124 valence electrons. The molecular weight excluding hydrogens is 312 g/mol. The van der Waals surface area contributed by atoms with Gasteiger partial charge >= 0.3 is 5.82 Å². The summed E-state index contributed by atoms with van der Waals surface area (Å²) in [5.74, 6) is 1.27. The van der Waals surface area contributed by atoms with Crippen LogP contribution in [0.2, 0.25) is 0 Å². The molecule has 0 unspecified atom stereocenters. The first-order chi connectivity index (χ1) is 11.6. The van der Waals surface area contributed by atoms with Crippen molar-refractivity contribution >= 4 is 5.82 Å². The van der Waals surface area contributed by atoms with Crippen LogP contribution in [0, 0.1) is 17.0 Å².